The highest BCUT2D eigenvalue weighted by atomic mass is 32.2. The molecule has 0 bridgehead atoms. The van der Waals surface area contributed by atoms with Crippen LogP contribution >= 0.6 is 11.8 Å². The number of rotatable bonds is 7. The molecule has 0 aliphatic carbocycles. The van der Waals surface area contributed by atoms with Gasteiger partial charge in [0.15, 0.2) is 5.82 Å². The standard InChI is InChI=1S/C16H19N3O3S/c1-11(2)12-3-5-13(6-4-12)23-10-15(20)17-14-7-8-19(18-14)9-16(21)22/h3-8,11H,9-10H2,1-2H3,(H,21,22)(H,17,18,20). The minimum Gasteiger partial charge on any atom is -0.480 e. The van der Waals surface area contributed by atoms with Gasteiger partial charge in [-0.25, -0.2) is 0 Å². The predicted octanol–water partition coefficient (Wildman–Crippen LogP) is 2.82. The van der Waals surface area contributed by atoms with Gasteiger partial charge >= 0.3 is 5.97 Å². The summed E-state index contributed by atoms with van der Waals surface area (Å²) in [7, 11) is 0. The van der Waals surface area contributed by atoms with E-state index in [-0.39, 0.29) is 18.2 Å². The molecule has 0 aliphatic heterocycles. The lowest BCUT2D eigenvalue weighted by Crippen LogP contribution is -2.15. The summed E-state index contributed by atoms with van der Waals surface area (Å²) in [5.41, 5.74) is 1.27. The Hall–Kier alpha value is -2.28. The van der Waals surface area contributed by atoms with Crippen LogP contribution in [0.3, 0.4) is 0 Å². The smallest absolute Gasteiger partial charge is 0.325 e. The Morgan fingerprint density at radius 1 is 1.26 bits per heavy atom. The van der Waals surface area contributed by atoms with E-state index in [9.17, 15) is 9.59 Å². The van der Waals surface area contributed by atoms with E-state index in [1.165, 1.54) is 28.2 Å². The first kappa shape index (κ1) is 17.1. The van der Waals surface area contributed by atoms with Gasteiger partial charge < -0.3 is 10.4 Å². The van der Waals surface area contributed by atoms with E-state index in [1.54, 1.807) is 6.07 Å². The number of benzene rings is 1. The van der Waals surface area contributed by atoms with Crippen LogP contribution in [-0.4, -0.2) is 32.5 Å². The lowest BCUT2D eigenvalue weighted by atomic mass is 10.0. The number of carbonyl (C=O) groups is 2. The summed E-state index contributed by atoms with van der Waals surface area (Å²) < 4.78 is 1.26. The number of thioether (sulfide) groups is 1. The molecule has 1 aromatic heterocycles. The zero-order valence-corrected chi connectivity index (χ0v) is 13.8. The molecule has 0 saturated carbocycles. The van der Waals surface area contributed by atoms with Crippen molar-refractivity contribution in [3.63, 3.8) is 0 Å². The van der Waals surface area contributed by atoms with Gasteiger partial charge in [-0.3, -0.25) is 14.3 Å². The summed E-state index contributed by atoms with van der Waals surface area (Å²) in [5.74, 6) is -0.0486. The van der Waals surface area contributed by atoms with Crippen LogP contribution < -0.4 is 5.32 Å². The highest BCUT2D eigenvalue weighted by Crippen LogP contribution is 2.21. The monoisotopic (exact) mass is 333 g/mol. The molecule has 0 saturated heterocycles. The molecule has 23 heavy (non-hydrogen) atoms. The van der Waals surface area contributed by atoms with E-state index in [0.29, 0.717) is 11.7 Å². The molecule has 0 atom stereocenters. The van der Waals surface area contributed by atoms with Crippen molar-refractivity contribution in [2.45, 2.75) is 31.2 Å². The maximum atomic E-state index is 11.9. The SMILES string of the molecule is CC(C)c1ccc(SCC(=O)Nc2ccn(CC(=O)O)n2)cc1. The summed E-state index contributed by atoms with van der Waals surface area (Å²) in [5, 5.41) is 15.3. The molecule has 7 heteroatoms. The second-order valence-electron chi connectivity index (χ2n) is 5.35. The fourth-order valence-corrected chi connectivity index (χ4v) is 2.63. The molecule has 0 radical (unpaired) electrons. The van der Waals surface area contributed by atoms with Crippen LogP contribution in [0.5, 0.6) is 0 Å². The van der Waals surface area contributed by atoms with E-state index in [2.05, 4.69) is 36.4 Å². The van der Waals surface area contributed by atoms with Crippen molar-refractivity contribution >= 4 is 29.5 Å². The molecule has 1 heterocycles. The van der Waals surface area contributed by atoms with Crippen molar-refractivity contribution in [3.05, 3.63) is 42.1 Å². The summed E-state index contributed by atoms with van der Waals surface area (Å²) in [4.78, 5) is 23.5. The van der Waals surface area contributed by atoms with Crippen molar-refractivity contribution in [2.24, 2.45) is 0 Å². The molecular weight excluding hydrogens is 314 g/mol. The molecule has 1 amide bonds. The highest BCUT2D eigenvalue weighted by Gasteiger charge is 2.08. The molecular formula is C16H19N3O3S. The van der Waals surface area contributed by atoms with Crippen LogP contribution in [-0.2, 0) is 16.1 Å². The minimum atomic E-state index is -0.980. The van der Waals surface area contributed by atoms with E-state index < -0.39 is 5.97 Å². The molecule has 0 unspecified atom stereocenters. The quantitative estimate of drug-likeness (QED) is 0.761. The van der Waals surface area contributed by atoms with E-state index in [0.717, 1.165) is 4.90 Å². The first-order chi connectivity index (χ1) is 10.9. The predicted molar refractivity (Wildman–Crippen MR) is 89.7 cm³/mol. The van der Waals surface area contributed by atoms with Gasteiger partial charge in [0.25, 0.3) is 0 Å². The number of hydrogen-bond donors (Lipinski definition) is 2. The summed E-state index contributed by atoms with van der Waals surface area (Å²) in [6, 6.07) is 9.73. The first-order valence-electron chi connectivity index (χ1n) is 7.22. The number of carboxylic acid groups (broad SMARTS) is 1. The number of hydrogen-bond acceptors (Lipinski definition) is 4. The number of nitrogens with one attached hydrogen (secondary N) is 1. The van der Waals surface area contributed by atoms with Crippen LogP contribution in [0, 0.1) is 0 Å². The Morgan fingerprint density at radius 3 is 2.57 bits per heavy atom. The Morgan fingerprint density at radius 2 is 1.96 bits per heavy atom. The van der Waals surface area contributed by atoms with Gasteiger partial charge in [0.2, 0.25) is 5.91 Å². The van der Waals surface area contributed by atoms with Gasteiger partial charge in [0.1, 0.15) is 6.54 Å². The second-order valence-corrected chi connectivity index (χ2v) is 6.40. The maximum absolute atomic E-state index is 11.9. The third-order valence-electron chi connectivity index (χ3n) is 3.12. The Kier molecular flexibility index (Phi) is 5.81. The zero-order valence-electron chi connectivity index (χ0n) is 13.0. The Labute approximate surface area is 138 Å². The molecule has 6 nitrogen and oxygen atoms in total. The van der Waals surface area contributed by atoms with E-state index >= 15 is 0 Å². The Bertz CT molecular complexity index is 680. The number of aromatic nitrogens is 2. The van der Waals surface area contributed by atoms with Crippen LogP contribution in [0.25, 0.3) is 0 Å². The van der Waals surface area contributed by atoms with Crippen molar-refractivity contribution < 1.29 is 14.7 Å². The average molecular weight is 333 g/mol. The van der Waals surface area contributed by atoms with E-state index in [1.807, 2.05) is 12.1 Å². The zero-order chi connectivity index (χ0) is 16.8. The molecule has 2 aromatic rings. The normalized spacial score (nSPS) is 10.7. The molecule has 0 aliphatic rings. The molecule has 0 fully saturated rings. The molecule has 2 N–H and O–H groups in total. The van der Waals surface area contributed by atoms with Crippen LogP contribution in [0.2, 0.25) is 0 Å². The lowest BCUT2D eigenvalue weighted by Gasteiger charge is -2.06. The number of nitrogens with zero attached hydrogens (tertiary/aromatic N) is 2. The highest BCUT2D eigenvalue weighted by molar-refractivity contribution is 8.00. The third-order valence-corrected chi connectivity index (χ3v) is 4.13. The molecule has 0 spiro atoms. The molecule has 1 aromatic carbocycles. The van der Waals surface area contributed by atoms with E-state index in [4.69, 9.17) is 5.11 Å². The van der Waals surface area contributed by atoms with Gasteiger partial charge in [0.05, 0.1) is 5.75 Å². The van der Waals surface area contributed by atoms with Gasteiger partial charge in [0, 0.05) is 17.2 Å². The van der Waals surface area contributed by atoms with Gasteiger partial charge in [-0.15, -0.1) is 11.8 Å². The third kappa shape index (κ3) is 5.45. The summed E-state index contributed by atoms with van der Waals surface area (Å²) >= 11 is 1.44. The maximum Gasteiger partial charge on any atom is 0.325 e. The van der Waals surface area contributed by atoms with Gasteiger partial charge in [-0.1, -0.05) is 26.0 Å². The first-order valence-corrected chi connectivity index (χ1v) is 8.20. The lowest BCUT2D eigenvalue weighted by molar-refractivity contribution is -0.137. The van der Waals surface area contributed by atoms with Crippen molar-refractivity contribution in [1.29, 1.82) is 0 Å². The van der Waals surface area contributed by atoms with Gasteiger partial charge in [-0.2, -0.15) is 5.10 Å². The fourth-order valence-electron chi connectivity index (χ4n) is 1.93. The topological polar surface area (TPSA) is 84.2 Å². The van der Waals surface area contributed by atoms with Crippen LogP contribution in [0.4, 0.5) is 5.82 Å². The van der Waals surface area contributed by atoms with Crippen LogP contribution in [0.1, 0.15) is 25.3 Å². The second kappa shape index (κ2) is 7.82. The largest absolute Gasteiger partial charge is 0.480 e. The average Bonchev–Trinajstić information content (AvgIpc) is 2.91. The number of amides is 1. The Balaban J connectivity index is 1.82. The molecule has 122 valence electrons. The minimum absolute atomic E-state index is 0.177. The summed E-state index contributed by atoms with van der Waals surface area (Å²) in [6.45, 7) is 4.05. The van der Waals surface area contributed by atoms with Crippen molar-refractivity contribution in [1.82, 2.24) is 9.78 Å². The van der Waals surface area contributed by atoms with Gasteiger partial charge in [-0.05, 0) is 23.6 Å². The summed E-state index contributed by atoms with van der Waals surface area (Å²) in [6.07, 6.45) is 1.52. The van der Waals surface area contributed by atoms with Crippen molar-refractivity contribution in [3.8, 4) is 0 Å². The number of carboxylic acids is 1. The fraction of sp³-hybridized carbons (Fsp3) is 0.312. The van der Waals surface area contributed by atoms with Crippen molar-refractivity contribution in [2.75, 3.05) is 11.1 Å². The number of anilines is 1. The number of aliphatic carboxylic acids is 1. The van der Waals surface area contributed by atoms with Crippen LogP contribution in [0.15, 0.2) is 41.4 Å². The number of carbonyl (C=O) groups excluding carboxylic acids is 1. The molecule has 2 rings (SSSR count).